The molecule has 0 saturated heterocycles. The van der Waals surface area contributed by atoms with Gasteiger partial charge in [-0.3, -0.25) is 14.9 Å². The predicted octanol–water partition coefficient (Wildman–Crippen LogP) is 4.73. The minimum absolute atomic E-state index is 0.0277. The van der Waals surface area contributed by atoms with Crippen LogP contribution in [-0.4, -0.2) is 15.4 Å². The summed E-state index contributed by atoms with van der Waals surface area (Å²) in [5.41, 5.74) is 0.406. The molecule has 0 radical (unpaired) electrons. The first-order valence-electron chi connectivity index (χ1n) is 8.03. The van der Waals surface area contributed by atoms with E-state index in [1.807, 2.05) is 6.92 Å². The van der Waals surface area contributed by atoms with Gasteiger partial charge in [-0.05, 0) is 31.2 Å². The molecule has 2 aromatic carbocycles. The zero-order chi connectivity index (χ0) is 19.1. The molecule has 6 nitrogen and oxygen atoms in total. The lowest BCUT2D eigenvalue weighted by atomic mass is 10.2. The summed E-state index contributed by atoms with van der Waals surface area (Å²) in [6.07, 6.45) is 0. The van der Waals surface area contributed by atoms with Crippen LogP contribution in [0.1, 0.15) is 16.6 Å². The normalized spacial score (nSPS) is 12.1. The molecule has 2 aromatic heterocycles. The highest BCUT2D eigenvalue weighted by Gasteiger charge is 2.15. The number of nitro groups is 1. The molecule has 4 aromatic rings. The summed E-state index contributed by atoms with van der Waals surface area (Å²) >= 11 is 2.47. The van der Waals surface area contributed by atoms with Gasteiger partial charge >= 0.3 is 0 Å². The van der Waals surface area contributed by atoms with Crippen molar-refractivity contribution >= 4 is 54.6 Å². The van der Waals surface area contributed by atoms with Crippen molar-refractivity contribution < 1.29 is 14.1 Å². The number of carbonyl (C=O) groups is 1. The molecule has 0 aliphatic heterocycles. The number of hydrogen-bond donors (Lipinski definition) is 0. The second-order valence-electron chi connectivity index (χ2n) is 5.72. The summed E-state index contributed by atoms with van der Waals surface area (Å²) in [4.78, 5) is 28.1. The van der Waals surface area contributed by atoms with Crippen molar-refractivity contribution in [2.75, 3.05) is 0 Å². The third kappa shape index (κ3) is 3.04. The van der Waals surface area contributed by atoms with Crippen LogP contribution in [0.25, 0.3) is 20.3 Å². The lowest BCUT2D eigenvalue weighted by molar-refractivity contribution is -0.384. The van der Waals surface area contributed by atoms with Crippen LogP contribution in [-0.2, 0) is 6.54 Å². The van der Waals surface area contributed by atoms with Gasteiger partial charge in [0, 0.05) is 28.8 Å². The number of rotatable bonds is 3. The van der Waals surface area contributed by atoms with E-state index in [2.05, 4.69) is 4.99 Å². The number of benzene rings is 2. The molecule has 0 saturated carbocycles. The summed E-state index contributed by atoms with van der Waals surface area (Å²) in [6.45, 7) is 2.34. The van der Waals surface area contributed by atoms with Gasteiger partial charge in [-0.2, -0.15) is 4.99 Å². The minimum atomic E-state index is -0.473. The Morgan fingerprint density at radius 1 is 1.22 bits per heavy atom. The molecule has 0 unspecified atom stereocenters. The number of thiazole rings is 1. The molecule has 0 fully saturated rings. The summed E-state index contributed by atoms with van der Waals surface area (Å²) in [5, 5.41) is 11.5. The maximum Gasteiger partial charge on any atom is 0.289 e. The second-order valence-corrected chi connectivity index (χ2v) is 7.82. The van der Waals surface area contributed by atoms with Gasteiger partial charge in [0.1, 0.15) is 5.82 Å². The Balaban J connectivity index is 1.82. The van der Waals surface area contributed by atoms with E-state index in [9.17, 15) is 19.3 Å². The van der Waals surface area contributed by atoms with E-state index >= 15 is 0 Å². The number of non-ortho nitro benzene ring substituents is 1. The molecule has 136 valence electrons. The average molecular weight is 401 g/mol. The van der Waals surface area contributed by atoms with Gasteiger partial charge in [0.2, 0.25) is 0 Å². The zero-order valence-corrected chi connectivity index (χ0v) is 15.6. The topological polar surface area (TPSA) is 77.5 Å². The summed E-state index contributed by atoms with van der Waals surface area (Å²) in [7, 11) is 0. The lowest BCUT2D eigenvalue weighted by Crippen LogP contribution is -2.16. The Bertz CT molecular complexity index is 1290. The van der Waals surface area contributed by atoms with Crippen LogP contribution >= 0.6 is 22.7 Å². The molecule has 0 N–H and O–H groups in total. The fourth-order valence-electron chi connectivity index (χ4n) is 2.86. The molecule has 9 heteroatoms. The van der Waals surface area contributed by atoms with Crippen molar-refractivity contribution in [1.29, 1.82) is 0 Å². The molecule has 2 heterocycles. The van der Waals surface area contributed by atoms with E-state index in [0.29, 0.717) is 27.1 Å². The fraction of sp³-hybridized carbons (Fsp3) is 0.111. The van der Waals surface area contributed by atoms with E-state index in [-0.39, 0.29) is 11.5 Å². The van der Waals surface area contributed by atoms with Crippen molar-refractivity contribution in [2.24, 2.45) is 4.99 Å². The van der Waals surface area contributed by atoms with E-state index in [1.165, 1.54) is 40.9 Å². The first-order chi connectivity index (χ1) is 13.0. The van der Waals surface area contributed by atoms with E-state index in [0.717, 1.165) is 9.40 Å². The molecule has 4 rings (SSSR count). The number of hydrogen-bond acceptors (Lipinski definition) is 5. The number of nitrogens with zero attached hydrogens (tertiary/aromatic N) is 3. The third-order valence-electron chi connectivity index (χ3n) is 4.09. The molecule has 1 amide bonds. The standard InChI is InChI=1S/C18H12FN3O3S2/c1-2-21-16-12(19)4-3-5-14(16)27-18(21)20-17(23)15-9-10-8-11(22(24)25)6-7-13(10)26-15/h3-9H,2H2,1H3. The minimum Gasteiger partial charge on any atom is -0.314 e. The number of aromatic nitrogens is 1. The van der Waals surface area contributed by atoms with Crippen molar-refractivity contribution in [3.63, 3.8) is 0 Å². The number of carbonyl (C=O) groups excluding carboxylic acids is 1. The zero-order valence-electron chi connectivity index (χ0n) is 14.0. The number of para-hydroxylation sites is 1. The predicted molar refractivity (Wildman–Crippen MR) is 104 cm³/mol. The molecule has 0 aliphatic rings. The molecular formula is C18H12FN3O3S2. The lowest BCUT2D eigenvalue weighted by Gasteiger charge is -2.00. The molecule has 0 bridgehead atoms. The van der Waals surface area contributed by atoms with Crippen molar-refractivity contribution in [2.45, 2.75) is 13.5 Å². The van der Waals surface area contributed by atoms with Gasteiger partial charge in [0.05, 0.1) is 20.0 Å². The number of amides is 1. The Hall–Kier alpha value is -2.91. The van der Waals surface area contributed by atoms with Crippen LogP contribution in [0.2, 0.25) is 0 Å². The number of halogens is 1. The largest absolute Gasteiger partial charge is 0.314 e. The van der Waals surface area contributed by atoms with Crippen LogP contribution in [0.15, 0.2) is 47.5 Å². The Labute approximate surface area is 160 Å². The first-order valence-corrected chi connectivity index (χ1v) is 9.66. The Morgan fingerprint density at radius 3 is 2.78 bits per heavy atom. The van der Waals surface area contributed by atoms with Crippen LogP contribution in [0.5, 0.6) is 0 Å². The van der Waals surface area contributed by atoms with E-state index in [1.54, 1.807) is 28.8 Å². The average Bonchev–Trinajstić information content (AvgIpc) is 3.22. The highest BCUT2D eigenvalue weighted by molar-refractivity contribution is 7.21. The molecule has 0 atom stereocenters. The number of nitro benzene ring substituents is 1. The summed E-state index contributed by atoms with van der Waals surface area (Å²) in [6, 6.07) is 10.9. The fourth-order valence-corrected chi connectivity index (χ4v) is 4.89. The molecule has 27 heavy (non-hydrogen) atoms. The summed E-state index contributed by atoms with van der Waals surface area (Å²) in [5.74, 6) is -0.804. The Kier molecular flexibility index (Phi) is 4.33. The Morgan fingerprint density at radius 2 is 2.04 bits per heavy atom. The van der Waals surface area contributed by atoms with Crippen molar-refractivity contribution in [1.82, 2.24) is 4.57 Å². The monoisotopic (exact) mass is 401 g/mol. The third-order valence-corrected chi connectivity index (χ3v) is 6.23. The molecule has 0 aliphatic carbocycles. The van der Waals surface area contributed by atoms with E-state index in [4.69, 9.17) is 0 Å². The van der Waals surface area contributed by atoms with Crippen molar-refractivity contribution in [3.05, 3.63) is 68.1 Å². The van der Waals surface area contributed by atoms with Crippen LogP contribution in [0, 0.1) is 15.9 Å². The van der Waals surface area contributed by atoms with Gasteiger partial charge in [-0.25, -0.2) is 4.39 Å². The van der Waals surface area contributed by atoms with Gasteiger partial charge in [-0.1, -0.05) is 17.4 Å². The molecular weight excluding hydrogens is 389 g/mol. The maximum absolute atomic E-state index is 14.2. The highest BCUT2D eigenvalue weighted by atomic mass is 32.1. The van der Waals surface area contributed by atoms with Crippen LogP contribution in [0.3, 0.4) is 0 Å². The van der Waals surface area contributed by atoms with Crippen molar-refractivity contribution in [3.8, 4) is 0 Å². The number of thiophene rings is 1. The molecule has 0 spiro atoms. The SMILES string of the molecule is CCn1c(=NC(=O)c2cc3cc([N+](=O)[O-])ccc3s2)sc2cccc(F)c21. The highest BCUT2D eigenvalue weighted by Crippen LogP contribution is 2.29. The van der Waals surface area contributed by atoms with Gasteiger partial charge in [0.25, 0.3) is 11.6 Å². The van der Waals surface area contributed by atoms with Crippen LogP contribution in [0.4, 0.5) is 10.1 Å². The van der Waals surface area contributed by atoms with Gasteiger partial charge in [-0.15, -0.1) is 11.3 Å². The van der Waals surface area contributed by atoms with E-state index < -0.39 is 10.8 Å². The second kappa shape index (κ2) is 6.67. The number of aryl methyl sites for hydroxylation is 1. The summed E-state index contributed by atoms with van der Waals surface area (Å²) < 4.78 is 17.3. The first kappa shape index (κ1) is 17.5. The quantitative estimate of drug-likeness (QED) is 0.368. The smallest absolute Gasteiger partial charge is 0.289 e. The maximum atomic E-state index is 14.2. The van der Waals surface area contributed by atoms with Gasteiger partial charge in [0.15, 0.2) is 4.80 Å². The number of fused-ring (bicyclic) bond motifs is 2. The van der Waals surface area contributed by atoms with Gasteiger partial charge < -0.3 is 4.57 Å². The van der Waals surface area contributed by atoms with Crippen LogP contribution < -0.4 is 4.80 Å².